The van der Waals surface area contributed by atoms with Crippen LogP contribution in [0.2, 0.25) is 0 Å². The van der Waals surface area contributed by atoms with Crippen molar-refractivity contribution in [3.63, 3.8) is 0 Å². The molecule has 1 amide bonds. The van der Waals surface area contributed by atoms with Gasteiger partial charge in [-0.25, -0.2) is 4.79 Å². The second kappa shape index (κ2) is 11.6. The Morgan fingerprint density at radius 3 is 2.55 bits per heavy atom. The number of carbonyl (C=O) groups excluding carboxylic acids is 2. The average molecular weight is 468 g/mol. The van der Waals surface area contributed by atoms with E-state index in [1.165, 1.54) is 10.4 Å². The molecule has 6 nitrogen and oxygen atoms in total. The standard InChI is InChI=1S/C26H33N3O3S/c1-2-32-26(31)24-21-12-6-7-13-22(21)33-25(24)27-23(30)19-29-17-15-28(16-18-29)14-8-11-20-9-4-3-5-10-20/h3-5,8-11H,2,6-7,12-19H2,1H3,(H,27,30)/b11-8+. The molecule has 33 heavy (non-hydrogen) atoms. The second-order valence-corrected chi connectivity index (χ2v) is 9.68. The number of fused-ring (bicyclic) bond motifs is 1. The fourth-order valence-corrected chi connectivity index (χ4v) is 5.77. The number of amides is 1. The molecule has 176 valence electrons. The molecule has 0 saturated carbocycles. The highest BCUT2D eigenvalue weighted by Crippen LogP contribution is 2.38. The number of carbonyl (C=O) groups is 2. The highest BCUT2D eigenvalue weighted by Gasteiger charge is 2.28. The Labute approximate surface area is 200 Å². The van der Waals surface area contributed by atoms with Gasteiger partial charge in [-0.1, -0.05) is 42.5 Å². The van der Waals surface area contributed by atoms with E-state index in [-0.39, 0.29) is 11.9 Å². The zero-order valence-electron chi connectivity index (χ0n) is 19.3. The molecule has 1 fully saturated rings. The molecule has 0 radical (unpaired) electrons. The van der Waals surface area contributed by atoms with E-state index >= 15 is 0 Å². The van der Waals surface area contributed by atoms with Crippen LogP contribution in [0.4, 0.5) is 5.00 Å². The lowest BCUT2D eigenvalue weighted by Gasteiger charge is -2.33. The molecule has 1 aliphatic carbocycles. The van der Waals surface area contributed by atoms with Crippen LogP contribution in [-0.4, -0.2) is 67.6 Å². The monoisotopic (exact) mass is 467 g/mol. The molecular formula is C26H33N3O3S. The molecule has 0 unspecified atom stereocenters. The van der Waals surface area contributed by atoms with Crippen molar-refractivity contribution in [1.29, 1.82) is 0 Å². The van der Waals surface area contributed by atoms with Gasteiger partial charge >= 0.3 is 5.97 Å². The van der Waals surface area contributed by atoms with E-state index in [1.807, 2.05) is 25.1 Å². The minimum absolute atomic E-state index is 0.0587. The lowest BCUT2D eigenvalue weighted by atomic mass is 9.95. The molecule has 2 heterocycles. The van der Waals surface area contributed by atoms with Gasteiger partial charge in [0, 0.05) is 37.6 Å². The predicted molar refractivity (Wildman–Crippen MR) is 134 cm³/mol. The zero-order chi connectivity index (χ0) is 23.0. The van der Waals surface area contributed by atoms with E-state index in [0.717, 1.165) is 64.0 Å². The molecule has 1 aromatic heterocycles. The van der Waals surface area contributed by atoms with Crippen LogP contribution >= 0.6 is 11.3 Å². The highest BCUT2D eigenvalue weighted by atomic mass is 32.1. The number of hydrogen-bond acceptors (Lipinski definition) is 6. The molecule has 0 atom stereocenters. The van der Waals surface area contributed by atoms with Gasteiger partial charge in [-0.05, 0) is 43.7 Å². The topological polar surface area (TPSA) is 61.9 Å². The molecule has 7 heteroatoms. The summed E-state index contributed by atoms with van der Waals surface area (Å²) in [6, 6.07) is 10.3. The van der Waals surface area contributed by atoms with Crippen molar-refractivity contribution in [2.45, 2.75) is 32.6 Å². The zero-order valence-corrected chi connectivity index (χ0v) is 20.2. The summed E-state index contributed by atoms with van der Waals surface area (Å²) < 4.78 is 5.29. The maximum atomic E-state index is 12.8. The van der Waals surface area contributed by atoms with E-state index < -0.39 is 0 Å². The summed E-state index contributed by atoms with van der Waals surface area (Å²) in [6.07, 6.45) is 8.43. The van der Waals surface area contributed by atoms with Gasteiger partial charge in [0.15, 0.2) is 0 Å². The van der Waals surface area contributed by atoms with Crippen molar-refractivity contribution < 1.29 is 14.3 Å². The maximum absolute atomic E-state index is 12.8. The van der Waals surface area contributed by atoms with Crippen LogP contribution in [0.15, 0.2) is 36.4 Å². The number of hydrogen-bond donors (Lipinski definition) is 1. The van der Waals surface area contributed by atoms with Crippen LogP contribution in [0.5, 0.6) is 0 Å². The normalized spacial score (nSPS) is 17.1. The molecule has 1 saturated heterocycles. The first-order chi connectivity index (χ1) is 16.1. The summed E-state index contributed by atoms with van der Waals surface area (Å²) in [6.45, 7) is 7.00. The van der Waals surface area contributed by atoms with Crippen LogP contribution in [0, 0.1) is 0 Å². The van der Waals surface area contributed by atoms with Crippen LogP contribution in [0.25, 0.3) is 6.08 Å². The molecule has 1 aromatic carbocycles. The van der Waals surface area contributed by atoms with E-state index in [0.29, 0.717) is 23.7 Å². The largest absolute Gasteiger partial charge is 0.462 e. The minimum atomic E-state index is -0.315. The summed E-state index contributed by atoms with van der Waals surface area (Å²) >= 11 is 1.55. The molecule has 2 aromatic rings. The van der Waals surface area contributed by atoms with Crippen molar-refractivity contribution in [3.05, 3.63) is 58.0 Å². The fourth-order valence-electron chi connectivity index (χ4n) is 4.47. The smallest absolute Gasteiger partial charge is 0.341 e. The third-order valence-electron chi connectivity index (χ3n) is 6.21. The summed E-state index contributed by atoms with van der Waals surface area (Å²) in [5, 5.41) is 3.69. The van der Waals surface area contributed by atoms with Crippen molar-refractivity contribution in [2.75, 3.05) is 51.2 Å². The molecule has 4 rings (SSSR count). The van der Waals surface area contributed by atoms with Gasteiger partial charge in [-0.15, -0.1) is 11.3 Å². The number of rotatable bonds is 8. The number of anilines is 1. The first-order valence-corrected chi connectivity index (χ1v) is 12.7. The summed E-state index contributed by atoms with van der Waals surface area (Å²) in [7, 11) is 0. The molecular weight excluding hydrogens is 434 g/mol. The number of nitrogens with one attached hydrogen (secondary N) is 1. The van der Waals surface area contributed by atoms with Gasteiger partial charge < -0.3 is 10.1 Å². The van der Waals surface area contributed by atoms with Gasteiger partial charge in [-0.3, -0.25) is 14.6 Å². The number of esters is 1. The van der Waals surface area contributed by atoms with E-state index in [4.69, 9.17) is 4.74 Å². The number of benzene rings is 1. The van der Waals surface area contributed by atoms with Gasteiger partial charge in [-0.2, -0.15) is 0 Å². The summed E-state index contributed by atoms with van der Waals surface area (Å²) in [4.78, 5) is 31.2. The number of nitrogens with zero attached hydrogens (tertiary/aromatic N) is 2. The van der Waals surface area contributed by atoms with Crippen molar-refractivity contribution >= 4 is 34.3 Å². The number of ether oxygens (including phenoxy) is 1. The summed E-state index contributed by atoms with van der Waals surface area (Å²) in [5.74, 6) is -0.374. The quantitative estimate of drug-likeness (QED) is 0.593. The van der Waals surface area contributed by atoms with Crippen molar-refractivity contribution in [3.8, 4) is 0 Å². The van der Waals surface area contributed by atoms with Crippen LogP contribution in [0.3, 0.4) is 0 Å². The molecule has 0 spiro atoms. The number of thiophene rings is 1. The Bertz CT molecular complexity index is 978. The Hall–Kier alpha value is -2.48. The van der Waals surface area contributed by atoms with E-state index in [1.54, 1.807) is 11.3 Å². The van der Waals surface area contributed by atoms with Crippen molar-refractivity contribution in [1.82, 2.24) is 9.80 Å². The molecule has 1 N–H and O–H groups in total. The third kappa shape index (κ3) is 6.31. The van der Waals surface area contributed by atoms with E-state index in [2.05, 4.69) is 39.4 Å². The minimum Gasteiger partial charge on any atom is -0.462 e. The van der Waals surface area contributed by atoms with Crippen LogP contribution < -0.4 is 5.32 Å². The van der Waals surface area contributed by atoms with Gasteiger partial charge in [0.1, 0.15) is 5.00 Å². The molecule has 2 aliphatic rings. The highest BCUT2D eigenvalue weighted by molar-refractivity contribution is 7.17. The van der Waals surface area contributed by atoms with Crippen LogP contribution in [0.1, 0.15) is 46.1 Å². The predicted octanol–water partition coefficient (Wildman–Crippen LogP) is 4.07. The maximum Gasteiger partial charge on any atom is 0.341 e. The lowest BCUT2D eigenvalue weighted by Crippen LogP contribution is -2.48. The average Bonchev–Trinajstić information content (AvgIpc) is 3.19. The van der Waals surface area contributed by atoms with Crippen LogP contribution in [-0.2, 0) is 22.4 Å². The first kappa shape index (κ1) is 23.7. The number of aryl methyl sites for hydroxylation is 1. The summed E-state index contributed by atoms with van der Waals surface area (Å²) in [5.41, 5.74) is 2.88. The Balaban J connectivity index is 1.28. The number of piperazine rings is 1. The Kier molecular flexibility index (Phi) is 8.31. The third-order valence-corrected chi connectivity index (χ3v) is 7.42. The second-order valence-electron chi connectivity index (χ2n) is 8.57. The molecule has 1 aliphatic heterocycles. The molecule has 0 bridgehead atoms. The van der Waals surface area contributed by atoms with Crippen molar-refractivity contribution in [2.24, 2.45) is 0 Å². The Morgan fingerprint density at radius 1 is 1.06 bits per heavy atom. The van der Waals surface area contributed by atoms with E-state index in [9.17, 15) is 9.59 Å². The first-order valence-electron chi connectivity index (χ1n) is 11.9. The fraction of sp³-hybridized carbons (Fsp3) is 0.462. The van der Waals surface area contributed by atoms with Gasteiger partial charge in [0.05, 0.1) is 18.7 Å². The van der Waals surface area contributed by atoms with Gasteiger partial charge in [0.2, 0.25) is 5.91 Å². The van der Waals surface area contributed by atoms with Gasteiger partial charge in [0.25, 0.3) is 0 Å². The SMILES string of the molecule is CCOC(=O)c1c(NC(=O)CN2CCN(C/C=C/c3ccccc3)CC2)sc2c1CCCC2. The Morgan fingerprint density at radius 2 is 1.79 bits per heavy atom. The lowest BCUT2D eigenvalue weighted by molar-refractivity contribution is -0.117.